The van der Waals surface area contributed by atoms with E-state index < -0.39 is 0 Å². The molecule has 0 saturated carbocycles. The van der Waals surface area contributed by atoms with Crippen molar-refractivity contribution in [3.05, 3.63) is 34.3 Å². The molecular weight excluding hydrogens is 290 g/mol. The van der Waals surface area contributed by atoms with Gasteiger partial charge in [0, 0.05) is 22.9 Å². The normalized spacial score (nSPS) is 14.2. The first-order valence-corrected chi connectivity index (χ1v) is 7.31. The van der Waals surface area contributed by atoms with Crippen LogP contribution in [0.25, 0.3) is 0 Å². The minimum absolute atomic E-state index is 0.132. The van der Waals surface area contributed by atoms with Crippen LogP contribution in [0.1, 0.15) is 38.7 Å². The number of nitrogens with two attached hydrogens (primary N) is 1. The van der Waals surface area contributed by atoms with Crippen molar-refractivity contribution >= 4 is 21.7 Å². The summed E-state index contributed by atoms with van der Waals surface area (Å²) in [6, 6.07) is 8.18. The van der Waals surface area contributed by atoms with Crippen LogP contribution in [0.15, 0.2) is 28.7 Å². The second-order valence-corrected chi connectivity index (χ2v) is 5.99. The van der Waals surface area contributed by atoms with Crippen LogP contribution in [0.3, 0.4) is 0 Å². The minimum Gasteiger partial charge on any atom is -0.328 e. The fourth-order valence-electron chi connectivity index (χ4n) is 1.88. The average molecular weight is 312 g/mol. The van der Waals surface area contributed by atoms with E-state index in [4.69, 9.17) is 5.73 Å². The van der Waals surface area contributed by atoms with Crippen LogP contribution < -0.4 is 5.73 Å². The van der Waals surface area contributed by atoms with Gasteiger partial charge in [-0.25, -0.2) is 0 Å². The molecular formula is C15H22BrNO. The van der Waals surface area contributed by atoms with Crippen LogP contribution in [-0.2, 0) is 11.2 Å². The highest BCUT2D eigenvalue weighted by molar-refractivity contribution is 9.10. The van der Waals surface area contributed by atoms with Gasteiger partial charge in [-0.2, -0.15) is 0 Å². The average Bonchev–Trinajstić information content (AvgIpc) is 2.31. The van der Waals surface area contributed by atoms with Gasteiger partial charge in [0.2, 0.25) is 0 Å². The van der Waals surface area contributed by atoms with Crippen molar-refractivity contribution in [1.82, 2.24) is 0 Å². The topological polar surface area (TPSA) is 43.1 Å². The molecule has 0 amide bonds. The van der Waals surface area contributed by atoms with E-state index in [9.17, 15) is 4.79 Å². The maximum atomic E-state index is 12.0. The van der Waals surface area contributed by atoms with E-state index >= 15 is 0 Å². The molecule has 0 aromatic heterocycles. The Morgan fingerprint density at radius 1 is 1.22 bits per heavy atom. The molecule has 2 atom stereocenters. The highest BCUT2D eigenvalue weighted by atomic mass is 79.9. The van der Waals surface area contributed by atoms with Crippen LogP contribution in [-0.4, -0.2) is 11.8 Å². The van der Waals surface area contributed by atoms with Crippen LogP contribution in [0.5, 0.6) is 0 Å². The molecule has 0 saturated heterocycles. The molecule has 0 aliphatic heterocycles. The Hall–Kier alpha value is -0.670. The van der Waals surface area contributed by atoms with E-state index in [0.29, 0.717) is 12.2 Å². The largest absolute Gasteiger partial charge is 0.328 e. The third-order valence-electron chi connectivity index (χ3n) is 3.14. The lowest BCUT2D eigenvalue weighted by Crippen LogP contribution is -2.17. The van der Waals surface area contributed by atoms with Crippen molar-refractivity contribution in [2.24, 2.45) is 11.7 Å². The van der Waals surface area contributed by atoms with E-state index in [-0.39, 0.29) is 12.0 Å². The lowest BCUT2D eigenvalue weighted by Gasteiger charge is -2.11. The molecule has 0 fully saturated rings. The van der Waals surface area contributed by atoms with Gasteiger partial charge < -0.3 is 5.73 Å². The first-order valence-electron chi connectivity index (χ1n) is 6.51. The molecule has 0 heterocycles. The summed E-state index contributed by atoms with van der Waals surface area (Å²) in [5.74, 6) is 0.453. The van der Waals surface area contributed by atoms with E-state index in [1.807, 2.05) is 38.1 Å². The summed E-state index contributed by atoms with van der Waals surface area (Å²) >= 11 is 3.39. The maximum Gasteiger partial charge on any atom is 0.140 e. The number of carbonyl (C=O) groups is 1. The molecule has 2 unspecified atom stereocenters. The summed E-state index contributed by atoms with van der Waals surface area (Å²) in [6.45, 7) is 4.02. The quantitative estimate of drug-likeness (QED) is 0.834. The zero-order valence-electron chi connectivity index (χ0n) is 11.2. The Balaban J connectivity index is 2.37. The summed E-state index contributed by atoms with van der Waals surface area (Å²) < 4.78 is 1.05. The Bertz CT molecular complexity index is 373. The van der Waals surface area contributed by atoms with E-state index in [1.54, 1.807) is 0 Å². The molecule has 0 radical (unpaired) electrons. The zero-order valence-corrected chi connectivity index (χ0v) is 12.7. The van der Waals surface area contributed by atoms with Crippen molar-refractivity contribution in [2.75, 3.05) is 0 Å². The fourth-order valence-corrected chi connectivity index (χ4v) is 2.15. The number of hydrogen-bond acceptors (Lipinski definition) is 2. The standard InChI is InChI=1S/C15H22BrNO/c1-11(4-3-5-12(2)17)15(18)10-13-6-8-14(16)9-7-13/h6-9,11-12H,3-5,10,17H2,1-2H3. The number of Topliss-reactive ketones (excluding diaryl/α,β-unsaturated/α-hetero) is 1. The van der Waals surface area contributed by atoms with Crippen molar-refractivity contribution in [1.29, 1.82) is 0 Å². The maximum absolute atomic E-state index is 12.0. The second kappa shape index (κ2) is 7.70. The monoisotopic (exact) mass is 311 g/mol. The summed E-state index contributed by atoms with van der Waals surface area (Å²) in [4.78, 5) is 12.0. The summed E-state index contributed by atoms with van der Waals surface area (Å²) in [5, 5.41) is 0. The van der Waals surface area contributed by atoms with Gasteiger partial charge >= 0.3 is 0 Å². The lowest BCUT2D eigenvalue weighted by atomic mass is 9.94. The first kappa shape index (κ1) is 15.4. The van der Waals surface area contributed by atoms with Gasteiger partial charge in [-0.3, -0.25) is 4.79 Å². The van der Waals surface area contributed by atoms with Gasteiger partial charge in [0.05, 0.1) is 0 Å². The Labute approximate surface area is 118 Å². The van der Waals surface area contributed by atoms with Gasteiger partial charge in [0.1, 0.15) is 5.78 Å². The van der Waals surface area contributed by atoms with Crippen LogP contribution in [0.2, 0.25) is 0 Å². The second-order valence-electron chi connectivity index (χ2n) is 5.08. The van der Waals surface area contributed by atoms with Gasteiger partial charge in [-0.1, -0.05) is 41.4 Å². The van der Waals surface area contributed by atoms with Crippen LogP contribution in [0, 0.1) is 5.92 Å². The number of carbonyl (C=O) groups excluding carboxylic acids is 1. The molecule has 18 heavy (non-hydrogen) atoms. The van der Waals surface area contributed by atoms with Gasteiger partial charge in [-0.15, -0.1) is 0 Å². The predicted octanol–water partition coefficient (Wildman–Crippen LogP) is 3.71. The predicted molar refractivity (Wildman–Crippen MR) is 79.5 cm³/mol. The first-order chi connectivity index (χ1) is 8.49. The molecule has 3 heteroatoms. The van der Waals surface area contributed by atoms with Gasteiger partial charge in [-0.05, 0) is 37.5 Å². The molecule has 0 spiro atoms. The minimum atomic E-state index is 0.132. The zero-order chi connectivity index (χ0) is 13.5. The third-order valence-corrected chi connectivity index (χ3v) is 3.67. The van der Waals surface area contributed by atoms with E-state index in [2.05, 4.69) is 15.9 Å². The number of rotatable bonds is 7. The summed E-state index contributed by atoms with van der Waals surface area (Å²) in [7, 11) is 0. The lowest BCUT2D eigenvalue weighted by molar-refractivity contribution is -0.121. The third kappa shape index (κ3) is 5.78. The highest BCUT2D eigenvalue weighted by Gasteiger charge is 2.13. The molecule has 1 rings (SSSR count). The molecule has 100 valence electrons. The Morgan fingerprint density at radius 3 is 2.39 bits per heavy atom. The molecule has 1 aromatic carbocycles. The summed E-state index contributed by atoms with van der Waals surface area (Å²) in [6.07, 6.45) is 3.50. The molecule has 0 aliphatic rings. The Morgan fingerprint density at radius 2 is 1.83 bits per heavy atom. The molecule has 0 bridgehead atoms. The number of hydrogen-bond donors (Lipinski definition) is 1. The smallest absolute Gasteiger partial charge is 0.140 e. The van der Waals surface area contributed by atoms with Crippen molar-refractivity contribution in [3.8, 4) is 0 Å². The van der Waals surface area contributed by atoms with Crippen LogP contribution >= 0.6 is 15.9 Å². The highest BCUT2D eigenvalue weighted by Crippen LogP contribution is 2.15. The van der Waals surface area contributed by atoms with Gasteiger partial charge in [0.15, 0.2) is 0 Å². The number of ketones is 1. The Kier molecular flexibility index (Phi) is 6.58. The van der Waals surface area contributed by atoms with Crippen molar-refractivity contribution < 1.29 is 4.79 Å². The summed E-state index contributed by atoms with van der Waals surface area (Å²) in [5.41, 5.74) is 6.79. The fraction of sp³-hybridized carbons (Fsp3) is 0.533. The van der Waals surface area contributed by atoms with Crippen molar-refractivity contribution in [2.45, 2.75) is 45.6 Å². The molecule has 2 N–H and O–H groups in total. The number of halogens is 1. The van der Waals surface area contributed by atoms with Crippen molar-refractivity contribution in [3.63, 3.8) is 0 Å². The van der Waals surface area contributed by atoms with E-state index in [1.165, 1.54) is 0 Å². The van der Waals surface area contributed by atoms with Gasteiger partial charge in [0.25, 0.3) is 0 Å². The van der Waals surface area contributed by atoms with E-state index in [0.717, 1.165) is 29.3 Å². The molecule has 2 nitrogen and oxygen atoms in total. The molecule has 1 aromatic rings. The number of benzene rings is 1. The molecule has 0 aliphatic carbocycles. The van der Waals surface area contributed by atoms with Crippen LogP contribution in [0.4, 0.5) is 0 Å². The SMILES string of the molecule is CC(N)CCCC(C)C(=O)Cc1ccc(Br)cc1.